The van der Waals surface area contributed by atoms with E-state index in [4.69, 9.17) is 4.74 Å². The second-order valence-electron chi connectivity index (χ2n) is 2.70. The topological polar surface area (TPSA) is 21.3 Å². The minimum atomic E-state index is 0.691. The largest absolute Gasteiger partial charge is 0.493 e. The summed E-state index contributed by atoms with van der Waals surface area (Å²) in [5.41, 5.74) is 1.07. The Bertz CT molecular complexity index is 271. The van der Waals surface area contributed by atoms with E-state index in [9.17, 15) is 0 Å². The zero-order valence-electron chi connectivity index (χ0n) is 7.92. The lowest BCUT2D eigenvalue weighted by Gasteiger charge is -2.06. The highest BCUT2D eigenvalue weighted by atomic mass is 16.5. The highest BCUT2D eigenvalue weighted by Crippen LogP contribution is 2.16. The zero-order chi connectivity index (χ0) is 9.52. The summed E-state index contributed by atoms with van der Waals surface area (Å²) in [4.78, 5) is 0. The molecule has 70 valence electrons. The van der Waals surface area contributed by atoms with E-state index in [0.29, 0.717) is 6.61 Å². The molecule has 1 aromatic rings. The number of nitrogens with one attached hydrogen (secondary N) is 1. The molecule has 0 atom stereocenters. The van der Waals surface area contributed by atoms with Gasteiger partial charge in [-0.25, -0.2) is 0 Å². The fraction of sp³-hybridized carbons (Fsp3) is 0.273. The van der Waals surface area contributed by atoms with Crippen LogP contribution in [-0.2, 0) is 0 Å². The van der Waals surface area contributed by atoms with Crippen LogP contribution in [-0.4, -0.2) is 13.7 Å². The molecule has 0 heterocycles. The first-order chi connectivity index (χ1) is 6.36. The predicted octanol–water partition coefficient (Wildman–Crippen LogP) is 2.68. The maximum absolute atomic E-state index is 5.48. The third-order valence-electron chi connectivity index (χ3n) is 1.71. The lowest BCUT2D eigenvalue weighted by molar-refractivity contribution is 0.325. The standard InChI is InChI=1S/C11H15NO/c1-3-4-8-13-11-7-5-6-10(9-11)12-2/h3,5-7,9,12H,1,4,8H2,2H3. The summed E-state index contributed by atoms with van der Waals surface area (Å²) in [7, 11) is 1.89. The van der Waals surface area contributed by atoms with Crippen LogP contribution in [0.4, 0.5) is 5.69 Å². The maximum Gasteiger partial charge on any atom is 0.121 e. The highest BCUT2D eigenvalue weighted by molar-refractivity contribution is 5.47. The van der Waals surface area contributed by atoms with Crippen molar-refractivity contribution >= 4 is 5.69 Å². The average Bonchev–Trinajstić information content (AvgIpc) is 2.19. The minimum Gasteiger partial charge on any atom is -0.493 e. The molecular formula is C11H15NO. The molecule has 0 aliphatic carbocycles. The Balaban J connectivity index is 2.50. The van der Waals surface area contributed by atoms with Crippen LogP contribution >= 0.6 is 0 Å². The fourth-order valence-corrected chi connectivity index (χ4v) is 1.00. The zero-order valence-corrected chi connectivity index (χ0v) is 7.92. The molecule has 0 saturated heterocycles. The molecule has 2 nitrogen and oxygen atoms in total. The van der Waals surface area contributed by atoms with Crippen molar-refractivity contribution in [3.8, 4) is 5.75 Å². The molecular weight excluding hydrogens is 162 g/mol. The smallest absolute Gasteiger partial charge is 0.121 e. The van der Waals surface area contributed by atoms with E-state index in [1.807, 2.05) is 37.4 Å². The molecule has 0 saturated carbocycles. The first-order valence-corrected chi connectivity index (χ1v) is 4.38. The van der Waals surface area contributed by atoms with Crippen molar-refractivity contribution in [1.82, 2.24) is 0 Å². The van der Waals surface area contributed by atoms with Crippen LogP contribution in [0.3, 0.4) is 0 Å². The molecule has 0 fully saturated rings. The van der Waals surface area contributed by atoms with Crippen LogP contribution < -0.4 is 10.1 Å². The van der Waals surface area contributed by atoms with Crippen molar-refractivity contribution in [3.05, 3.63) is 36.9 Å². The van der Waals surface area contributed by atoms with Crippen molar-refractivity contribution in [2.75, 3.05) is 19.0 Å². The van der Waals surface area contributed by atoms with E-state index in [-0.39, 0.29) is 0 Å². The summed E-state index contributed by atoms with van der Waals surface area (Å²) in [5.74, 6) is 0.897. The van der Waals surface area contributed by atoms with Crippen molar-refractivity contribution in [3.63, 3.8) is 0 Å². The molecule has 0 unspecified atom stereocenters. The van der Waals surface area contributed by atoms with Gasteiger partial charge in [0.05, 0.1) is 6.61 Å². The molecule has 13 heavy (non-hydrogen) atoms. The number of rotatable bonds is 5. The second kappa shape index (κ2) is 5.25. The first kappa shape index (κ1) is 9.65. The highest BCUT2D eigenvalue weighted by Gasteiger charge is 1.93. The maximum atomic E-state index is 5.48. The van der Waals surface area contributed by atoms with Crippen molar-refractivity contribution in [1.29, 1.82) is 0 Å². The lowest BCUT2D eigenvalue weighted by Crippen LogP contribution is -1.96. The number of ether oxygens (including phenoxy) is 1. The molecule has 0 bridgehead atoms. The van der Waals surface area contributed by atoms with Gasteiger partial charge in [-0.15, -0.1) is 6.58 Å². The Labute approximate surface area is 79.2 Å². The summed E-state index contributed by atoms with van der Waals surface area (Å²) >= 11 is 0. The van der Waals surface area contributed by atoms with Gasteiger partial charge in [-0.3, -0.25) is 0 Å². The second-order valence-corrected chi connectivity index (χ2v) is 2.70. The molecule has 0 aromatic heterocycles. The van der Waals surface area contributed by atoms with E-state index in [1.54, 1.807) is 0 Å². The van der Waals surface area contributed by atoms with E-state index in [1.165, 1.54) is 0 Å². The Morgan fingerprint density at radius 1 is 1.54 bits per heavy atom. The number of hydrogen-bond acceptors (Lipinski definition) is 2. The van der Waals surface area contributed by atoms with Crippen LogP contribution in [0.1, 0.15) is 6.42 Å². The summed E-state index contributed by atoms with van der Waals surface area (Å²) < 4.78 is 5.48. The quantitative estimate of drug-likeness (QED) is 0.551. The van der Waals surface area contributed by atoms with Crippen LogP contribution in [0.5, 0.6) is 5.75 Å². The molecule has 2 heteroatoms. The van der Waals surface area contributed by atoms with Crippen molar-refractivity contribution in [2.45, 2.75) is 6.42 Å². The molecule has 0 spiro atoms. The van der Waals surface area contributed by atoms with Crippen LogP contribution in [0.25, 0.3) is 0 Å². The molecule has 0 aliphatic heterocycles. The van der Waals surface area contributed by atoms with Gasteiger partial charge in [-0.2, -0.15) is 0 Å². The average molecular weight is 177 g/mol. The molecule has 1 N–H and O–H groups in total. The number of hydrogen-bond donors (Lipinski definition) is 1. The summed E-state index contributed by atoms with van der Waals surface area (Å²) in [6.07, 6.45) is 2.73. The number of benzene rings is 1. The third kappa shape index (κ3) is 3.20. The van der Waals surface area contributed by atoms with Gasteiger partial charge in [0.15, 0.2) is 0 Å². The van der Waals surface area contributed by atoms with Gasteiger partial charge in [0.1, 0.15) is 5.75 Å². The van der Waals surface area contributed by atoms with Gasteiger partial charge >= 0.3 is 0 Å². The van der Waals surface area contributed by atoms with Crippen LogP contribution in [0.2, 0.25) is 0 Å². The van der Waals surface area contributed by atoms with Crippen LogP contribution in [0.15, 0.2) is 36.9 Å². The minimum absolute atomic E-state index is 0.691. The lowest BCUT2D eigenvalue weighted by atomic mass is 10.3. The summed E-state index contributed by atoms with van der Waals surface area (Å²) in [6.45, 7) is 4.32. The van der Waals surface area contributed by atoms with E-state index >= 15 is 0 Å². The van der Waals surface area contributed by atoms with E-state index in [2.05, 4.69) is 11.9 Å². The van der Waals surface area contributed by atoms with Crippen molar-refractivity contribution in [2.24, 2.45) is 0 Å². The Morgan fingerprint density at radius 2 is 2.38 bits per heavy atom. The van der Waals surface area contributed by atoms with Gasteiger partial charge in [-0.05, 0) is 18.6 Å². The predicted molar refractivity (Wildman–Crippen MR) is 56.3 cm³/mol. The Morgan fingerprint density at radius 3 is 3.08 bits per heavy atom. The summed E-state index contributed by atoms with van der Waals surface area (Å²) in [6, 6.07) is 7.89. The van der Waals surface area contributed by atoms with E-state index < -0.39 is 0 Å². The van der Waals surface area contributed by atoms with Crippen molar-refractivity contribution < 1.29 is 4.74 Å². The fourth-order valence-electron chi connectivity index (χ4n) is 1.00. The first-order valence-electron chi connectivity index (χ1n) is 4.38. The monoisotopic (exact) mass is 177 g/mol. The molecule has 0 amide bonds. The van der Waals surface area contributed by atoms with Crippen LogP contribution in [0, 0.1) is 0 Å². The molecule has 0 radical (unpaired) electrons. The third-order valence-corrected chi connectivity index (χ3v) is 1.71. The Kier molecular flexibility index (Phi) is 3.89. The molecule has 1 rings (SSSR count). The SMILES string of the molecule is C=CCCOc1cccc(NC)c1. The molecule has 0 aliphatic rings. The normalized spacial score (nSPS) is 9.31. The van der Waals surface area contributed by atoms with Gasteiger partial charge < -0.3 is 10.1 Å². The van der Waals surface area contributed by atoms with Gasteiger partial charge in [0.2, 0.25) is 0 Å². The van der Waals surface area contributed by atoms with Gasteiger partial charge in [0, 0.05) is 18.8 Å². The van der Waals surface area contributed by atoms with Gasteiger partial charge in [-0.1, -0.05) is 12.1 Å². The number of anilines is 1. The Hall–Kier alpha value is -1.44. The van der Waals surface area contributed by atoms with Gasteiger partial charge in [0.25, 0.3) is 0 Å². The van der Waals surface area contributed by atoms with E-state index in [0.717, 1.165) is 17.9 Å². The molecule has 1 aromatic carbocycles. The summed E-state index contributed by atoms with van der Waals surface area (Å²) in [5, 5.41) is 3.06.